The Hall–Kier alpha value is -2.12. The van der Waals surface area contributed by atoms with Crippen molar-refractivity contribution in [3.8, 4) is 0 Å². The molecular weight excluding hydrogens is 573 g/mol. The molecule has 1 aliphatic carbocycles. The van der Waals surface area contributed by atoms with Crippen LogP contribution in [0.15, 0.2) is 78.9 Å². The summed E-state index contributed by atoms with van der Waals surface area (Å²) in [5.41, 5.74) is 5.15. The van der Waals surface area contributed by atoms with Gasteiger partial charge in [0.1, 0.15) is 0 Å². The van der Waals surface area contributed by atoms with Gasteiger partial charge in [0.05, 0.1) is 23.2 Å². The van der Waals surface area contributed by atoms with E-state index in [-0.39, 0.29) is 48.1 Å². The second kappa shape index (κ2) is 14.1. The van der Waals surface area contributed by atoms with Gasteiger partial charge in [-0.15, -0.1) is 0 Å². The number of carboxylic acids is 1. The molecule has 2 N–H and O–H groups in total. The molecule has 0 amide bonds. The molecule has 4 aromatic rings. The Morgan fingerprint density at radius 3 is 2.57 bits per heavy atom. The van der Waals surface area contributed by atoms with Gasteiger partial charge in [-0.25, -0.2) is 4.98 Å². The van der Waals surface area contributed by atoms with Gasteiger partial charge >= 0.3 is 35.5 Å². The molecule has 1 atom stereocenters. The molecule has 0 bridgehead atoms. The van der Waals surface area contributed by atoms with E-state index in [1.807, 2.05) is 74.1 Å². The number of nitrogens with zero attached hydrogens (tertiary/aromatic N) is 1. The molecular formula is C35H37ClNNaO3S. The number of hydrogen-bond acceptors (Lipinski definition) is 4. The van der Waals surface area contributed by atoms with Crippen molar-refractivity contribution in [1.82, 2.24) is 4.98 Å². The number of aryl methyl sites for hydroxylation is 1. The van der Waals surface area contributed by atoms with E-state index in [0.29, 0.717) is 5.02 Å². The minimum atomic E-state index is -0.911. The molecule has 5 rings (SSSR count). The average Bonchev–Trinajstić information content (AvgIpc) is 3.70. The summed E-state index contributed by atoms with van der Waals surface area (Å²) < 4.78 is 0. The first-order valence-corrected chi connectivity index (χ1v) is 15.5. The van der Waals surface area contributed by atoms with E-state index in [4.69, 9.17) is 16.6 Å². The van der Waals surface area contributed by atoms with Gasteiger partial charge in [0.25, 0.3) is 0 Å². The summed E-state index contributed by atoms with van der Waals surface area (Å²) in [6, 6.07) is 26.5. The number of pyridine rings is 1. The van der Waals surface area contributed by atoms with E-state index in [9.17, 15) is 15.0 Å². The smallest absolute Gasteiger partial charge is 1.00 e. The van der Waals surface area contributed by atoms with Gasteiger partial charge in [0.2, 0.25) is 0 Å². The van der Waals surface area contributed by atoms with Crippen LogP contribution in [0, 0.1) is 5.41 Å². The predicted octanol–water partition coefficient (Wildman–Crippen LogP) is 6.06. The minimum absolute atomic E-state index is 0. The molecule has 214 valence electrons. The fourth-order valence-electron chi connectivity index (χ4n) is 5.36. The number of carboxylic acid groups (broad SMARTS) is 1. The van der Waals surface area contributed by atoms with Crippen LogP contribution in [0.5, 0.6) is 0 Å². The van der Waals surface area contributed by atoms with E-state index >= 15 is 0 Å². The zero-order valence-corrected chi connectivity index (χ0v) is 28.1. The van der Waals surface area contributed by atoms with Crippen LogP contribution in [0.2, 0.25) is 5.02 Å². The Bertz CT molecular complexity index is 1590. The molecule has 0 aliphatic heterocycles. The summed E-state index contributed by atoms with van der Waals surface area (Å²) in [6.45, 7) is 3.66. The second-order valence-corrected chi connectivity index (χ2v) is 13.3. The first-order valence-electron chi connectivity index (χ1n) is 14.1. The number of hydrogen-bond donors (Lipinski definition) is 2. The number of aromatic nitrogens is 1. The van der Waals surface area contributed by atoms with Crippen LogP contribution in [0.4, 0.5) is 0 Å². The second-order valence-electron chi connectivity index (χ2n) is 11.7. The number of halogens is 1. The molecule has 0 unspecified atom stereocenters. The number of thioether (sulfide) groups is 1. The van der Waals surface area contributed by atoms with E-state index in [0.717, 1.165) is 64.7 Å². The molecule has 4 nitrogen and oxygen atoms in total. The largest absolute Gasteiger partial charge is 1.00 e. The normalized spacial score (nSPS) is 15.0. The van der Waals surface area contributed by atoms with Crippen molar-refractivity contribution in [3.05, 3.63) is 112 Å². The van der Waals surface area contributed by atoms with Crippen molar-refractivity contribution in [2.24, 2.45) is 5.41 Å². The minimum Gasteiger partial charge on any atom is -1.00 e. The Balaban J connectivity index is 0.00000253. The van der Waals surface area contributed by atoms with Gasteiger partial charge in [-0.2, -0.15) is 11.8 Å². The Kier molecular flexibility index (Phi) is 11.0. The van der Waals surface area contributed by atoms with Gasteiger partial charge in [0.15, 0.2) is 0 Å². The fraction of sp³-hybridized carbons (Fsp3) is 0.314. The van der Waals surface area contributed by atoms with Crippen molar-refractivity contribution in [3.63, 3.8) is 0 Å². The summed E-state index contributed by atoms with van der Waals surface area (Å²) in [5.74, 6) is 0.122. The van der Waals surface area contributed by atoms with Crippen LogP contribution in [0.25, 0.3) is 23.1 Å². The first kappa shape index (κ1) is 32.8. The number of aliphatic hydroxyl groups is 1. The molecule has 1 aliphatic rings. The van der Waals surface area contributed by atoms with Gasteiger partial charge < -0.3 is 11.6 Å². The van der Waals surface area contributed by atoms with Crippen LogP contribution < -0.4 is 29.6 Å². The molecule has 1 aromatic heterocycles. The maximum absolute atomic E-state index is 11.5. The number of aliphatic carboxylic acids is 1. The monoisotopic (exact) mass is 609 g/mol. The summed E-state index contributed by atoms with van der Waals surface area (Å²) in [7, 11) is 0. The van der Waals surface area contributed by atoms with E-state index in [2.05, 4.69) is 42.5 Å². The molecule has 0 spiro atoms. The van der Waals surface area contributed by atoms with Crippen molar-refractivity contribution in [2.45, 2.75) is 56.8 Å². The van der Waals surface area contributed by atoms with Crippen molar-refractivity contribution in [2.75, 3.05) is 5.75 Å². The fourth-order valence-corrected chi connectivity index (χ4v) is 7.09. The third-order valence-electron chi connectivity index (χ3n) is 7.83. The van der Waals surface area contributed by atoms with Gasteiger partial charge in [-0.05, 0) is 91.5 Å². The van der Waals surface area contributed by atoms with Crippen LogP contribution >= 0.6 is 23.4 Å². The molecule has 7 heteroatoms. The molecule has 3 aromatic carbocycles. The maximum atomic E-state index is 11.5. The average molecular weight is 610 g/mol. The molecule has 0 radical (unpaired) electrons. The molecule has 1 fully saturated rings. The van der Waals surface area contributed by atoms with Crippen LogP contribution in [0.3, 0.4) is 0 Å². The Morgan fingerprint density at radius 1 is 1.07 bits per heavy atom. The van der Waals surface area contributed by atoms with E-state index in [1.54, 1.807) is 0 Å². The molecule has 1 saturated carbocycles. The van der Waals surface area contributed by atoms with E-state index < -0.39 is 11.6 Å². The maximum Gasteiger partial charge on any atom is 1.00 e. The van der Waals surface area contributed by atoms with E-state index in [1.165, 1.54) is 5.56 Å². The predicted molar refractivity (Wildman–Crippen MR) is 172 cm³/mol. The quantitative estimate of drug-likeness (QED) is 0.191. The number of rotatable bonds is 12. The van der Waals surface area contributed by atoms with Crippen molar-refractivity contribution < 1.29 is 46.0 Å². The van der Waals surface area contributed by atoms with Gasteiger partial charge in [0, 0.05) is 21.4 Å². The van der Waals surface area contributed by atoms with Gasteiger partial charge in [-0.3, -0.25) is 4.79 Å². The topological polar surface area (TPSA) is 70.4 Å². The number of fused-ring (bicyclic) bond motifs is 1. The summed E-state index contributed by atoms with van der Waals surface area (Å²) >= 11 is 8.04. The third kappa shape index (κ3) is 8.72. The molecule has 1 heterocycles. The van der Waals surface area contributed by atoms with Crippen molar-refractivity contribution >= 4 is 52.4 Å². The zero-order valence-electron chi connectivity index (χ0n) is 25.5. The van der Waals surface area contributed by atoms with Crippen molar-refractivity contribution in [1.29, 1.82) is 0 Å². The summed E-state index contributed by atoms with van der Waals surface area (Å²) in [5, 5.41) is 22.1. The number of carbonyl (C=O) groups is 1. The molecule has 42 heavy (non-hydrogen) atoms. The standard InChI is InChI=1S/C35H36ClNO3S.Na.H/c1-34(2,40)30-9-4-3-7-25(30)13-17-32(41-23-35(18-19-35)22-33(38)39)27-8-5-6-24(20-27)10-15-29-16-12-26-11-14-28(36)21-31(26)37-29;;/h3-12,14-16,20-21,32,40H,13,17-19,22-23H2,1-2H3,(H,38,39);;/q;+1;-1/t32-;;/m1../s1. The molecule has 0 saturated heterocycles. The van der Waals surface area contributed by atoms with Crippen LogP contribution in [0.1, 0.15) is 74.2 Å². The third-order valence-corrected chi connectivity index (χ3v) is 9.76. The van der Waals surface area contributed by atoms with Crippen LogP contribution in [-0.2, 0) is 16.8 Å². The summed E-state index contributed by atoms with van der Waals surface area (Å²) in [6.07, 6.45) is 8.02. The Morgan fingerprint density at radius 2 is 1.83 bits per heavy atom. The number of benzene rings is 3. The SMILES string of the molecule is CC(C)(O)c1ccccc1CC[C@@H](SCC1(CC(=O)O)CC1)c1cccc(C=Cc2ccc3ccc(Cl)cc3n2)c1.[H-].[Na+]. The summed E-state index contributed by atoms with van der Waals surface area (Å²) in [4.78, 5) is 16.2. The van der Waals surface area contributed by atoms with Crippen LogP contribution in [-0.4, -0.2) is 26.9 Å². The van der Waals surface area contributed by atoms with Gasteiger partial charge in [-0.1, -0.05) is 78.3 Å². The Labute approximate surface area is 281 Å². The zero-order chi connectivity index (χ0) is 29.0. The first-order chi connectivity index (χ1) is 19.6.